The summed E-state index contributed by atoms with van der Waals surface area (Å²) in [7, 11) is 0. The Morgan fingerprint density at radius 2 is 1.86 bits per heavy atom. The molecule has 0 radical (unpaired) electrons. The molecule has 36 heavy (non-hydrogen) atoms. The summed E-state index contributed by atoms with van der Waals surface area (Å²) in [5, 5.41) is 19.2. The lowest BCUT2D eigenvalue weighted by atomic mass is 9.95. The third-order valence-corrected chi connectivity index (χ3v) is 6.44. The molecular weight excluding hydrogens is 473 g/mol. The number of fused-ring (bicyclic) bond motifs is 1. The van der Waals surface area contributed by atoms with Gasteiger partial charge in [0.1, 0.15) is 12.1 Å². The van der Waals surface area contributed by atoms with Crippen molar-refractivity contribution in [1.29, 1.82) is 0 Å². The van der Waals surface area contributed by atoms with E-state index in [9.17, 15) is 18.0 Å². The van der Waals surface area contributed by atoms with Gasteiger partial charge in [-0.3, -0.25) is 4.79 Å². The van der Waals surface area contributed by atoms with Gasteiger partial charge in [-0.1, -0.05) is 6.07 Å². The number of benzene rings is 1. The van der Waals surface area contributed by atoms with Gasteiger partial charge >= 0.3 is 6.18 Å². The zero-order valence-corrected chi connectivity index (χ0v) is 19.8. The van der Waals surface area contributed by atoms with Crippen LogP contribution in [-0.4, -0.2) is 48.6 Å². The molecule has 5 rings (SSSR count). The maximum absolute atomic E-state index is 13.8. The number of aryl methyl sites for hydroxylation is 2. The molecule has 0 atom stereocenters. The minimum Gasteiger partial charge on any atom is -0.355 e. The predicted octanol–water partition coefficient (Wildman–Crippen LogP) is 3.48. The average Bonchev–Trinajstić information content (AvgIpc) is 3.46. The second-order valence-electron chi connectivity index (χ2n) is 8.98. The number of aromatic nitrogens is 6. The Morgan fingerprint density at radius 3 is 2.56 bits per heavy atom. The molecule has 1 saturated heterocycles. The molecular formula is C24H25F3N8O. The Balaban J connectivity index is 1.23. The molecule has 3 aromatic heterocycles. The van der Waals surface area contributed by atoms with Gasteiger partial charge in [0, 0.05) is 31.2 Å². The topological polar surface area (TPSA) is 93.2 Å². The van der Waals surface area contributed by atoms with Gasteiger partial charge in [0.05, 0.1) is 16.9 Å². The fourth-order valence-corrected chi connectivity index (χ4v) is 4.59. The van der Waals surface area contributed by atoms with Crippen molar-refractivity contribution < 1.29 is 18.0 Å². The normalized spacial score (nSPS) is 15.0. The van der Waals surface area contributed by atoms with Crippen molar-refractivity contribution in [1.82, 2.24) is 34.9 Å². The molecule has 4 aromatic rings. The van der Waals surface area contributed by atoms with E-state index in [2.05, 4.69) is 30.6 Å². The third-order valence-electron chi connectivity index (χ3n) is 6.44. The zero-order valence-electron chi connectivity index (χ0n) is 19.8. The van der Waals surface area contributed by atoms with Gasteiger partial charge in [-0.25, -0.2) is 4.68 Å². The number of alkyl halides is 3. The van der Waals surface area contributed by atoms with E-state index < -0.39 is 11.7 Å². The third kappa shape index (κ3) is 4.75. The molecule has 1 amide bonds. The Kier molecular flexibility index (Phi) is 6.10. The Bertz CT molecular complexity index is 1400. The van der Waals surface area contributed by atoms with Crippen LogP contribution in [0.4, 0.5) is 19.0 Å². The van der Waals surface area contributed by atoms with Crippen LogP contribution in [0, 0.1) is 19.8 Å². The Morgan fingerprint density at radius 1 is 1.08 bits per heavy atom. The van der Waals surface area contributed by atoms with E-state index in [1.54, 1.807) is 30.5 Å². The standard InChI is InChI=1S/C24H25F3N8O/c1-15-11-16(2)35(31-15)19-4-3-18(20(12-19)24(25,26)27)13-28-23(36)17-7-9-33(10-8-17)22-6-5-21-30-29-14-34(21)32-22/h3-6,11-12,14,17H,7-10,13H2,1-2H3,(H,28,36). The van der Waals surface area contributed by atoms with Gasteiger partial charge in [-0.2, -0.15) is 22.8 Å². The van der Waals surface area contributed by atoms with E-state index in [0.29, 0.717) is 37.3 Å². The number of rotatable bonds is 5. The largest absolute Gasteiger partial charge is 0.416 e. The van der Waals surface area contributed by atoms with Crippen LogP contribution in [0.5, 0.6) is 0 Å². The summed E-state index contributed by atoms with van der Waals surface area (Å²) in [5.41, 5.74) is 1.68. The first-order chi connectivity index (χ1) is 17.2. The number of piperidine rings is 1. The van der Waals surface area contributed by atoms with Crippen molar-refractivity contribution >= 4 is 17.4 Å². The van der Waals surface area contributed by atoms with Crippen molar-refractivity contribution in [3.8, 4) is 5.69 Å². The fraction of sp³-hybridized carbons (Fsp3) is 0.375. The van der Waals surface area contributed by atoms with Crippen LogP contribution in [0.3, 0.4) is 0 Å². The number of nitrogens with zero attached hydrogens (tertiary/aromatic N) is 7. The Labute approximate surface area is 204 Å². The lowest BCUT2D eigenvalue weighted by Crippen LogP contribution is -2.41. The molecule has 188 valence electrons. The molecule has 0 spiro atoms. The summed E-state index contributed by atoms with van der Waals surface area (Å²) >= 11 is 0. The van der Waals surface area contributed by atoms with Crippen molar-refractivity contribution in [2.75, 3.05) is 18.0 Å². The monoisotopic (exact) mass is 498 g/mol. The SMILES string of the molecule is Cc1cc(C)n(-c2ccc(CNC(=O)C3CCN(c4ccc5nncn5n4)CC3)c(C(F)(F)F)c2)n1. The van der Waals surface area contributed by atoms with E-state index in [4.69, 9.17) is 0 Å². The maximum Gasteiger partial charge on any atom is 0.416 e. The lowest BCUT2D eigenvalue weighted by Gasteiger charge is -2.32. The van der Waals surface area contributed by atoms with Crippen LogP contribution < -0.4 is 10.2 Å². The summed E-state index contributed by atoms with van der Waals surface area (Å²) in [6, 6.07) is 9.57. The molecule has 9 nitrogen and oxygen atoms in total. The molecule has 0 unspecified atom stereocenters. The lowest BCUT2D eigenvalue weighted by molar-refractivity contribution is -0.138. The predicted molar refractivity (Wildman–Crippen MR) is 126 cm³/mol. The number of amides is 1. The van der Waals surface area contributed by atoms with E-state index in [0.717, 1.165) is 23.3 Å². The molecule has 1 aromatic carbocycles. The molecule has 1 fully saturated rings. The van der Waals surface area contributed by atoms with E-state index in [-0.39, 0.29) is 23.9 Å². The molecule has 0 aliphatic carbocycles. The quantitative estimate of drug-likeness (QED) is 0.453. The number of carbonyl (C=O) groups is 1. The number of nitrogens with one attached hydrogen (secondary N) is 1. The molecule has 0 bridgehead atoms. The minimum atomic E-state index is -4.56. The van der Waals surface area contributed by atoms with Gasteiger partial charge in [-0.15, -0.1) is 15.3 Å². The highest BCUT2D eigenvalue weighted by atomic mass is 19.4. The van der Waals surface area contributed by atoms with Gasteiger partial charge in [0.15, 0.2) is 5.65 Å². The summed E-state index contributed by atoms with van der Waals surface area (Å²) in [6.45, 7) is 4.61. The van der Waals surface area contributed by atoms with Gasteiger partial charge in [-0.05, 0) is 62.6 Å². The van der Waals surface area contributed by atoms with E-state index >= 15 is 0 Å². The van der Waals surface area contributed by atoms with Gasteiger partial charge in [0.25, 0.3) is 0 Å². The van der Waals surface area contributed by atoms with E-state index in [1.807, 2.05) is 12.1 Å². The first-order valence-electron chi connectivity index (χ1n) is 11.6. The molecule has 1 N–H and O–H groups in total. The van der Waals surface area contributed by atoms with Crippen LogP contribution in [-0.2, 0) is 17.5 Å². The van der Waals surface area contributed by atoms with Crippen molar-refractivity contribution in [2.24, 2.45) is 5.92 Å². The number of halogens is 3. The van der Waals surface area contributed by atoms with Crippen molar-refractivity contribution in [3.63, 3.8) is 0 Å². The van der Waals surface area contributed by atoms with Crippen LogP contribution >= 0.6 is 0 Å². The summed E-state index contributed by atoms with van der Waals surface area (Å²) < 4.78 is 44.6. The minimum absolute atomic E-state index is 0.0185. The fourth-order valence-electron chi connectivity index (χ4n) is 4.59. The van der Waals surface area contributed by atoms with Crippen molar-refractivity contribution in [2.45, 2.75) is 39.4 Å². The number of carbonyl (C=O) groups excluding carboxylic acids is 1. The summed E-state index contributed by atoms with van der Waals surface area (Å²) in [4.78, 5) is 14.9. The maximum atomic E-state index is 13.8. The summed E-state index contributed by atoms with van der Waals surface area (Å²) in [6.07, 6.45) is -1.87. The second-order valence-corrected chi connectivity index (χ2v) is 8.98. The zero-order chi connectivity index (χ0) is 25.4. The number of hydrogen-bond acceptors (Lipinski definition) is 6. The van der Waals surface area contributed by atoms with Crippen molar-refractivity contribution in [3.05, 3.63) is 65.2 Å². The molecule has 1 aliphatic heterocycles. The molecule has 4 heterocycles. The smallest absolute Gasteiger partial charge is 0.355 e. The number of hydrogen-bond donors (Lipinski definition) is 1. The van der Waals surface area contributed by atoms with Crippen LogP contribution in [0.2, 0.25) is 0 Å². The highest BCUT2D eigenvalue weighted by Gasteiger charge is 2.34. The number of anilines is 1. The highest BCUT2D eigenvalue weighted by Crippen LogP contribution is 2.34. The second kappa shape index (κ2) is 9.25. The Hall–Kier alpha value is -3.96. The first kappa shape index (κ1) is 23.8. The molecule has 12 heteroatoms. The van der Waals surface area contributed by atoms with Crippen LogP contribution in [0.25, 0.3) is 11.3 Å². The van der Waals surface area contributed by atoms with E-state index in [1.165, 1.54) is 17.1 Å². The van der Waals surface area contributed by atoms with Gasteiger partial charge in [0.2, 0.25) is 5.91 Å². The first-order valence-corrected chi connectivity index (χ1v) is 11.6. The highest BCUT2D eigenvalue weighted by molar-refractivity contribution is 5.79. The molecule has 0 saturated carbocycles. The average molecular weight is 499 g/mol. The van der Waals surface area contributed by atoms with Gasteiger partial charge < -0.3 is 10.2 Å². The molecule has 1 aliphatic rings. The van der Waals surface area contributed by atoms with Crippen LogP contribution in [0.1, 0.15) is 35.4 Å². The van der Waals surface area contributed by atoms with Crippen LogP contribution in [0.15, 0.2) is 42.7 Å². The summed E-state index contributed by atoms with van der Waals surface area (Å²) in [5.74, 6) is 0.245.